The van der Waals surface area contributed by atoms with Crippen molar-refractivity contribution in [2.75, 3.05) is 0 Å². The van der Waals surface area contributed by atoms with E-state index in [2.05, 4.69) is 157 Å². The van der Waals surface area contributed by atoms with Gasteiger partial charge in [0.05, 0.1) is 0 Å². The second-order valence-electron chi connectivity index (χ2n) is 15.4. The van der Waals surface area contributed by atoms with E-state index in [0.717, 1.165) is 17.9 Å². The van der Waals surface area contributed by atoms with Crippen LogP contribution >= 0.6 is 36.4 Å². The second-order valence-corrected chi connectivity index (χ2v) is 28.7. The Bertz CT molecular complexity index is 2130. The van der Waals surface area contributed by atoms with Crippen molar-refractivity contribution < 1.29 is 18.3 Å². The molecule has 0 saturated heterocycles. The van der Waals surface area contributed by atoms with E-state index in [0.29, 0.717) is 0 Å². The van der Waals surface area contributed by atoms with E-state index in [1.54, 1.807) is 0 Å². The summed E-state index contributed by atoms with van der Waals surface area (Å²) in [5, 5.41) is 3.33. The van der Waals surface area contributed by atoms with E-state index >= 15 is 0 Å². The normalized spacial score (nSPS) is 14.3. The fraction of sp³-hybridized carbons (Fsp3) is 0.233. The van der Waals surface area contributed by atoms with Gasteiger partial charge in [0.25, 0.3) is 0 Å². The van der Waals surface area contributed by atoms with Gasteiger partial charge in [0.1, 0.15) is 0 Å². The van der Waals surface area contributed by atoms with Crippen LogP contribution in [0.4, 0.5) is 0 Å². The molecule has 0 nitrogen and oxygen atoms in total. The van der Waals surface area contributed by atoms with E-state index < -0.39 is 18.3 Å². The summed E-state index contributed by atoms with van der Waals surface area (Å²) in [6.45, 7) is 14.0. The second kappa shape index (κ2) is 12.4. The summed E-state index contributed by atoms with van der Waals surface area (Å²) in [4.78, 5) is 0. The van der Waals surface area contributed by atoms with Gasteiger partial charge in [-0.1, -0.05) is 0 Å². The van der Waals surface area contributed by atoms with Crippen LogP contribution in [0.3, 0.4) is 0 Å². The molecule has 0 bridgehead atoms. The van der Waals surface area contributed by atoms with Crippen molar-refractivity contribution in [2.45, 2.75) is 65.2 Å². The zero-order valence-electron chi connectivity index (χ0n) is 28.3. The Morgan fingerprint density at radius 1 is 0.681 bits per heavy atom. The molecule has 2 aliphatic rings. The van der Waals surface area contributed by atoms with Crippen molar-refractivity contribution in [3.05, 3.63) is 146 Å². The van der Waals surface area contributed by atoms with E-state index in [4.69, 9.17) is 15.8 Å². The molecule has 0 aromatic heterocycles. The Balaban J connectivity index is 0.00000217. The summed E-state index contributed by atoms with van der Waals surface area (Å²) in [6.07, 6.45) is 8.83. The van der Waals surface area contributed by atoms with Crippen molar-refractivity contribution in [3.63, 3.8) is 0 Å². The quantitative estimate of drug-likeness (QED) is 0.168. The Morgan fingerprint density at radius 3 is 2.00 bits per heavy atom. The van der Waals surface area contributed by atoms with Gasteiger partial charge in [-0.3, -0.25) is 0 Å². The molecule has 0 aliphatic heterocycles. The third-order valence-corrected chi connectivity index (χ3v) is 27.3. The fourth-order valence-electron chi connectivity index (χ4n) is 8.03. The maximum absolute atomic E-state index is 6.62. The van der Waals surface area contributed by atoms with Crippen LogP contribution in [0.15, 0.2) is 119 Å². The minimum absolute atomic E-state index is 0. The molecule has 4 heteroatoms. The average molecular weight is 759 g/mol. The first kappa shape index (κ1) is 35.8. The zero-order chi connectivity index (χ0) is 31.8. The Hall–Kier alpha value is -2.54. The molecule has 0 saturated carbocycles. The Labute approximate surface area is 299 Å². The Kier molecular flexibility index (Phi) is 9.44. The van der Waals surface area contributed by atoms with Crippen molar-refractivity contribution in [1.82, 2.24) is 0 Å². The molecule has 7 rings (SSSR count). The standard InChI is InChI=1S/C21H25.C10H7.C6H4Cl.C5H5.CH2.2ClH.Zr/c1-20(2,3)16-9-7-14-11-15-8-10-17(21(4,5)6)13-19(15)18(14)12-16;1-2-6-10-8-4-3-7-9(10)5-1;7-6-4-2-1-3-5-6;1-2-4-5-3-1;;;;/h7,9-10,12-13H,11H2,1-6H3;1-7H;2-5H;1-3H,4H2;1H2;2*1H;. The molecule has 0 fully saturated rings. The van der Waals surface area contributed by atoms with Crippen LogP contribution < -0.4 is 9.81 Å². The molecule has 0 atom stereocenters. The monoisotopic (exact) mass is 756 g/mol. The number of fused-ring (bicyclic) bond motifs is 4. The summed E-state index contributed by atoms with van der Waals surface area (Å²) in [7, 11) is 0. The number of halogens is 3. The first-order valence-electron chi connectivity index (χ1n) is 16.3. The molecule has 0 amide bonds. The van der Waals surface area contributed by atoms with Crippen LogP contribution in [0.1, 0.15) is 70.2 Å². The molecule has 242 valence electrons. The van der Waals surface area contributed by atoms with Gasteiger partial charge in [0.15, 0.2) is 0 Å². The summed E-state index contributed by atoms with van der Waals surface area (Å²) in [5.41, 5.74) is 8.45. The number of hydrogen-bond donors (Lipinski definition) is 0. The molecule has 2 aliphatic carbocycles. The number of rotatable bonds is 4. The van der Waals surface area contributed by atoms with Crippen LogP contribution in [0.2, 0.25) is 5.02 Å². The summed E-state index contributed by atoms with van der Waals surface area (Å²) >= 11 is 1.65. The van der Waals surface area contributed by atoms with Crippen molar-refractivity contribution in [3.8, 4) is 11.1 Å². The minimum atomic E-state index is -4.97. The third-order valence-electron chi connectivity index (χ3n) is 10.7. The molecule has 0 heterocycles. The Morgan fingerprint density at radius 2 is 1.34 bits per heavy atom. The van der Waals surface area contributed by atoms with Gasteiger partial charge in [-0.2, -0.15) is 0 Å². The topological polar surface area (TPSA) is 0 Å². The van der Waals surface area contributed by atoms with E-state index in [-0.39, 0.29) is 35.6 Å². The average Bonchev–Trinajstić information content (AvgIpc) is 3.68. The molecule has 5 aromatic carbocycles. The molecule has 5 aromatic rings. The van der Waals surface area contributed by atoms with Gasteiger partial charge in [0.2, 0.25) is 0 Å². The van der Waals surface area contributed by atoms with Crippen LogP contribution in [-0.4, -0.2) is 4.21 Å². The van der Waals surface area contributed by atoms with Crippen molar-refractivity contribution in [2.24, 2.45) is 0 Å². The summed E-state index contributed by atoms with van der Waals surface area (Å²) < 4.78 is 11.5. The zero-order valence-corrected chi connectivity index (χ0v) is 33.1. The van der Waals surface area contributed by atoms with Crippen molar-refractivity contribution in [1.29, 1.82) is 0 Å². The summed E-state index contributed by atoms with van der Waals surface area (Å²) in [6, 6.07) is 36.9. The van der Waals surface area contributed by atoms with Gasteiger partial charge in [0, 0.05) is 0 Å². The first-order chi connectivity index (χ1) is 21.3. The van der Waals surface area contributed by atoms with Gasteiger partial charge >= 0.3 is 277 Å². The van der Waals surface area contributed by atoms with Crippen LogP contribution in [-0.2, 0) is 35.5 Å². The van der Waals surface area contributed by atoms with Crippen LogP contribution in [0, 0.1) is 0 Å². The third kappa shape index (κ3) is 5.51. The van der Waals surface area contributed by atoms with Gasteiger partial charge < -0.3 is 0 Å². The molecule has 0 unspecified atom stereocenters. The molecule has 0 N–H and O–H groups in total. The molecular formula is C43H45Cl3Zr. The van der Waals surface area contributed by atoms with E-state index in [1.807, 2.05) is 0 Å². The van der Waals surface area contributed by atoms with E-state index in [9.17, 15) is 0 Å². The summed E-state index contributed by atoms with van der Waals surface area (Å²) in [5.74, 6) is 0. The number of hydrogen-bond acceptors (Lipinski definition) is 0. The number of allylic oxidation sites excluding steroid dienone is 4. The predicted octanol–water partition coefficient (Wildman–Crippen LogP) is 10.7. The van der Waals surface area contributed by atoms with Gasteiger partial charge in [-0.25, -0.2) is 0 Å². The van der Waals surface area contributed by atoms with Crippen LogP contribution in [0.5, 0.6) is 0 Å². The first-order valence-corrected chi connectivity index (χ1v) is 23.3. The van der Waals surface area contributed by atoms with Gasteiger partial charge in [-0.15, -0.1) is 24.8 Å². The fourth-order valence-corrected chi connectivity index (χ4v) is 24.3. The van der Waals surface area contributed by atoms with Crippen LogP contribution in [0.25, 0.3) is 21.9 Å². The molecular weight excluding hydrogens is 714 g/mol. The van der Waals surface area contributed by atoms with Crippen molar-refractivity contribution >= 4 is 61.2 Å². The molecule has 0 spiro atoms. The molecule has 47 heavy (non-hydrogen) atoms. The number of benzene rings is 5. The van der Waals surface area contributed by atoms with E-state index in [1.165, 1.54) is 57.2 Å². The SMILES string of the molecule is Cl.Cl.[CH2]=[Zr]([C]1=CC=CC1)([c]1ccc(Cl)cc1)([c]1cc(C(C)(C)C)cc2c1Cc1ccc(C(C)(C)C)cc1-2)[c]1cccc2ccccc12. The molecule has 0 radical (unpaired) electrons. The predicted molar refractivity (Wildman–Crippen MR) is 210 cm³/mol. The van der Waals surface area contributed by atoms with Gasteiger partial charge in [-0.05, 0) is 0 Å². The maximum atomic E-state index is 6.62.